The predicted molar refractivity (Wildman–Crippen MR) is 139 cm³/mol. The van der Waals surface area contributed by atoms with Gasteiger partial charge in [0.1, 0.15) is 0 Å². The molecule has 2 aliphatic carbocycles. The van der Waals surface area contributed by atoms with Crippen LogP contribution in [0.2, 0.25) is 0 Å². The number of hydrogen-bond donors (Lipinski definition) is 1. The molecule has 0 atom stereocenters. The van der Waals surface area contributed by atoms with Gasteiger partial charge in [-0.25, -0.2) is 13.2 Å². The summed E-state index contributed by atoms with van der Waals surface area (Å²) < 4.78 is 50.3. The van der Waals surface area contributed by atoms with Gasteiger partial charge in [-0.3, -0.25) is 13.9 Å². The minimum atomic E-state index is -4.87. The highest BCUT2D eigenvalue weighted by molar-refractivity contribution is 7.90. The van der Waals surface area contributed by atoms with Crippen molar-refractivity contribution in [3.05, 3.63) is 50.2 Å². The molecule has 2 aliphatic rings. The van der Waals surface area contributed by atoms with E-state index < -0.39 is 32.4 Å². The first-order chi connectivity index (χ1) is 18.4. The highest BCUT2D eigenvalue weighted by Gasteiger charge is 2.24. The standard InChI is InChI=1S/C26H31N5O4S/c1-29-22-23(28-25(29)36(3,34)35)31(26(33)30(2)24(22)32)12-4-5-19-13-20(11-8-17-6-7-17)15-21(14-19)27-16-18-9-10-18/h13-15,17-18,27H,6-12,16H2,1-3H3/i3D3. The minimum absolute atomic E-state index is 0.176. The van der Waals surface area contributed by atoms with Gasteiger partial charge < -0.3 is 9.88 Å². The molecule has 1 N–H and O–H groups in total. The van der Waals surface area contributed by atoms with Crippen LogP contribution in [0.3, 0.4) is 0 Å². The average molecular weight is 513 g/mol. The lowest BCUT2D eigenvalue weighted by atomic mass is 10.0. The molecule has 190 valence electrons. The summed E-state index contributed by atoms with van der Waals surface area (Å²) in [7, 11) is -2.37. The van der Waals surface area contributed by atoms with Gasteiger partial charge in [-0.15, -0.1) is 0 Å². The molecular formula is C26H31N5O4S. The fraction of sp³-hybridized carbons (Fsp3) is 0.500. The van der Waals surface area contributed by atoms with E-state index in [4.69, 9.17) is 4.11 Å². The summed E-state index contributed by atoms with van der Waals surface area (Å²) in [5.41, 5.74) is 1.03. The van der Waals surface area contributed by atoms with Crippen LogP contribution in [0.15, 0.2) is 32.9 Å². The molecule has 5 rings (SSSR count). The van der Waals surface area contributed by atoms with Crippen LogP contribution in [0, 0.1) is 23.7 Å². The Kier molecular flexibility index (Phi) is 5.37. The maximum absolute atomic E-state index is 13.0. The lowest BCUT2D eigenvalue weighted by Crippen LogP contribution is -2.38. The van der Waals surface area contributed by atoms with E-state index in [0.717, 1.165) is 50.3 Å². The molecule has 3 aromatic rings. The summed E-state index contributed by atoms with van der Waals surface area (Å²) >= 11 is 0. The zero-order valence-corrected chi connectivity index (χ0v) is 21.2. The van der Waals surface area contributed by atoms with E-state index in [-0.39, 0.29) is 17.7 Å². The van der Waals surface area contributed by atoms with Crippen molar-refractivity contribution < 1.29 is 12.5 Å². The molecule has 0 saturated heterocycles. The van der Waals surface area contributed by atoms with Crippen molar-refractivity contribution in [1.29, 1.82) is 0 Å². The highest BCUT2D eigenvalue weighted by atomic mass is 32.2. The lowest BCUT2D eigenvalue weighted by Gasteiger charge is -2.10. The van der Waals surface area contributed by atoms with E-state index in [1.807, 2.05) is 12.1 Å². The van der Waals surface area contributed by atoms with Crippen LogP contribution in [-0.4, -0.2) is 39.8 Å². The normalized spacial score (nSPS) is 17.2. The van der Waals surface area contributed by atoms with Crippen LogP contribution in [0.5, 0.6) is 0 Å². The van der Waals surface area contributed by atoms with Gasteiger partial charge in [0.05, 0.1) is 6.54 Å². The molecule has 2 heterocycles. The Morgan fingerprint density at radius 1 is 1.11 bits per heavy atom. The van der Waals surface area contributed by atoms with E-state index in [9.17, 15) is 18.0 Å². The second-order valence-electron chi connectivity index (χ2n) is 9.89. The van der Waals surface area contributed by atoms with Gasteiger partial charge in [-0.1, -0.05) is 24.7 Å². The molecule has 2 saturated carbocycles. The van der Waals surface area contributed by atoms with E-state index in [1.165, 1.54) is 45.3 Å². The Labute approximate surface area is 214 Å². The highest BCUT2D eigenvalue weighted by Crippen LogP contribution is 2.34. The summed E-state index contributed by atoms with van der Waals surface area (Å²) in [6.45, 7) is 0.746. The van der Waals surface area contributed by atoms with Crippen molar-refractivity contribution >= 4 is 26.7 Å². The Bertz CT molecular complexity index is 1700. The zero-order valence-electron chi connectivity index (χ0n) is 23.4. The lowest BCUT2D eigenvalue weighted by molar-refractivity contribution is 0.586. The predicted octanol–water partition coefficient (Wildman–Crippen LogP) is 2.05. The van der Waals surface area contributed by atoms with Crippen molar-refractivity contribution in [2.45, 2.75) is 50.2 Å². The Morgan fingerprint density at radius 3 is 2.56 bits per heavy atom. The number of aryl methyl sites for hydroxylation is 2. The van der Waals surface area contributed by atoms with Gasteiger partial charge in [0.25, 0.3) is 5.56 Å². The number of sulfone groups is 1. The van der Waals surface area contributed by atoms with Crippen LogP contribution >= 0.6 is 0 Å². The molecule has 1 aromatic carbocycles. The fourth-order valence-electron chi connectivity index (χ4n) is 4.38. The van der Waals surface area contributed by atoms with E-state index in [2.05, 4.69) is 28.2 Å². The number of aromatic nitrogens is 4. The van der Waals surface area contributed by atoms with Crippen molar-refractivity contribution in [2.75, 3.05) is 18.0 Å². The summed E-state index contributed by atoms with van der Waals surface area (Å²) in [6, 6.07) is 6.17. The number of benzene rings is 1. The third kappa shape index (κ3) is 5.12. The van der Waals surface area contributed by atoms with Crippen molar-refractivity contribution in [2.24, 2.45) is 25.9 Å². The average Bonchev–Trinajstić information content (AvgIpc) is 3.80. The van der Waals surface area contributed by atoms with Gasteiger partial charge in [0.2, 0.25) is 15.0 Å². The molecule has 36 heavy (non-hydrogen) atoms. The van der Waals surface area contributed by atoms with Crippen LogP contribution in [-0.2, 0) is 36.9 Å². The largest absolute Gasteiger partial charge is 0.385 e. The monoisotopic (exact) mass is 512 g/mol. The second kappa shape index (κ2) is 9.28. The number of hydrogen-bond acceptors (Lipinski definition) is 6. The molecule has 10 heteroatoms. The van der Waals surface area contributed by atoms with Crippen molar-refractivity contribution in [3.63, 3.8) is 0 Å². The zero-order chi connectivity index (χ0) is 28.1. The molecule has 2 aromatic heterocycles. The summed E-state index contributed by atoms with van der Waals surface area (Å²) in [6.07, 6.45) is 3.79. The van der Waals surface area contributed by atoms with Crippen LogP contribution < -0.4 is 16.6 Å². The third-order valence-corrected chi connectivity index (χ3v) is 7.70. The fourth-order valence-corrected chi connectivity index (χ4v) is 5.04. The summed E-state index contributed by atoms with van der Waals surface area (Å²) in [4.78, 5) is 29.7. The molecule has 0 unspecified atom stereocenters. The number of anilines is 1. The first-order valence-corrected chi connectivity index (χ1v) is 13.6. The van der Waals surface area contributed by atoms with E-state index in [1.54, 1.807) is 0 Å². The van der Waals surface area contributed by atoms with E-state index in [0.29, 0.717) is 5.92 Å². The molecule has 0 radical (unpaired) electrons. The SMILES string of the molecule is [2H]C([2H])([2H])S(=O)(=O)c1nc2c(c(=O)n(C)c(=O)n2CC#Cc2cc(CCC3CC3)cc(NCC3CC3)c2)n1C. The molecule has 2 fully saturated rings. The number of rotatable bonds is 8. The maximum Gasteiger partial charge on any atom is 0.333 e. The van der Waals surface area contributed by atoms with Crippen molar-refractivity contribution in [1.82, 2.24) is 18.7 Å². The molecule has 9 nitrogen and oxygen atoms in total. The topological polar surface area (TPSA) is 108 Å². The Balaban J connectivity index is 1.51. The molecule has 0 aliphatic heterocycles. The van der Waals surface area contributed by atoms with Crippen LogP contribution in [0.4, 0.5) is 5.69 Å². The van der Waals surface area contributed by atoms with Crippen LogP contribution in [0.1, 0.15) is 47.3 Å². The van der Waals surface area contributed by atoms with Crippen molar-refractivity contribution in [3.8, 4) is 11.8 Å². The van der Waals surface area contributed by atoms with E-state index >= 15 is 0 Å². The molecule has 0 amide bonds. The second-order valence-corrected chi connectivity index (χ2v) is 11.3. The van der Waals surface area contributed by atoms with Gasteiger partial charge in [0, 0.05) is 42.2 Å². The van der Waals surface area contributed by atoms with Crippen LogP contribution in [0.25, 0.3) is 11.2 Å². The Morgan fingerprint density at radius 2 is 1.86 bits per heavy atom. The van der Waals surface area contributed by atoms with Gasteiger partial charge in [-0.05, 0) is 61.3 Å². The Hall–Kier alpha value is -3.32. The first kappa shape index (κ1) is 20.8. The quantitative estimate of drug-likeness (QED) is 0.463. The third-order valence-electron chi connectivity index (χ3n) is 6.85. The maximum atomic E-state index is 13.0. The summed E-state index contributed by atoms with van der Waals surface area (Å²) in [5.74, 6) is 7.59. The molecule has 0 bridgehead atoms. The number of nitrogens with zero attached hydrogens (tertiary/aromatic N) is 4. The molecule has 0 spiro atoms. The number of fused-ring (bicyclic) bond motifs is 1. The minimum Gasteiger partial charge on any atom is -0.385 e. The molecular weight excluding hydrogens is 478 g/mol. The van der Waals surface area contributed by atoms with Gasteiger partial charge in [0.15, 0.2) is 11.2 Å². The first-order valence-electron chi connectivity index (χ1n) is 13.6. The smallest absolute Gasteiger partial charge is 0.333 e. The van der Waals surface area contributed by atoms with Gasteiger partial charge >= 0.3 is 5.69 Å². The summed E-state index contributed by atoms with van der Waals surface area (Å²) in [5, 5.41) is 2.70. The van der Waals surface area contributed by atoms with Gasteiger partial charge in [-0.2, -0.15) is 4.98 Å². The number of imidazole rings is 1. The number of nitrogens with one attached hydrogen (secondary N) is 1.